The van der Waals surface area contributed by atoms with Crippen LogP contribution in [0.2, 0.25) is 0 Å². The average molecular weight is 483 g/mol. The number of furan rings is 1. The van der Waals surface area contributed by atoms with Gasteiger partial charge < -0.3 is 13.9 Å². The Hall–Kier alpha value is -4.50. The van der Waals surface area contributed by atoms with Gasteiger partial charge in [0.1, 0.15) is 22.8 Å². The fourth-order valence-corrected chi connectivity index (χ4v) is 5.91. The Kier molecular flexibility index (Phi) is 5.03. The lowest BCUT2D eigenvalue weighted by Crippen LogP contribution is -2.11. The van der Waals surface area contributed by atoms with Crippen molar-refractivity contribution in [2.75, 3.05) is 14.2 Å². The van der Waals surface area contributed by atoms with Crippen LogP contribution in [-0.4, -0.2) is 14.2 Å². The first-order valence-electron chi connectivity index (χ1n) is 12.6. The number of fused-ring (bicyclic) bond motifs is 7. The van der Waals surface area contributed by atoms with Crippen molar-refractivity contribution in [1.82, 2.24) is 0 Å². The average Bonchev–Trinajstić information content (AvgIpc) is 3.35. The predicted molar refractivity (Wildman–Crippen MR) is 150 cm³/mol. The van der Waals surface area contributed by atoms with Crippen LogP contribution in [0.25, 0.3) is 44.0 Å². The number of hydrogen-bond acceptors (Lipinski definition) is 3. The molecule has 0 saturated carbocycles. The van der Waals surface area contributed by atoms with Crippen molar-refractivity contribution in [2.24, 2.45) is 0 Å². The first-order chi connectivity index (χ1) is 18.2. The van der Waals surface area contributed by atoms with Crippen molar-refractivity contribution in [1.29, 1.82) is 0 Å². The maximum absolute atomic E-state index is 6.71. The zero-order valence-electron chi connectivity index (χ0n) is 20.8. The summed E-state index contributed by atoms with van der Waals surface area (Å²) in [5, 5.41) is 3.63. The van der Waals surface area contributed by atoms with Crippen LogP contribution in [0.5, 0.6) is 11.5 Å². The van der Waals surface area contributed by atoms with Crippen LogP contribution in [-0.2, 0) is 6.42 Å². The topological polar surface area (TPSA) is 31.6 Å². The Morgan fingerprint density at radius 1 is 0.676 bits per heavy atom. The molecule has 0 saturated heterocycles. The lowest BCUT2D eigenvalue weighted by Gasteiger charge is -2.25. The third-order valence-electron chi connectivity index (χ3n) is 7.68. The molecule has 1 unspecified atom stereocenters. The third kappa shape index (κ3) is 3.42. The number of ether oxygens (including phenoxy) is 2. The molecular weight excluding hydrogens is 456 g/mol. The van der Waals surface area contributed by atoms with Crippen LogP contribution in [0.1, 0.15) is 22.8 Å². The minimum Gasteiger partial charge on any atom is -0.497 e. The number of rotatable bonds is 4. The highest BCUT2D eigenvalue weighted by Gasteiger charge is 2.31. The second-order valence-electron chi connectivity index (χ2n) is 9.59. The second-order valence-corrected chi connectivity index (χ2v) is 9.59. The summed E-state index contributed by atoms with van der Waals surface area (Å²) in [5.74, 6) is 2.99. The standard InChI is InChI=1S/C34H26O3/c1-35-23-15-11-21(12-16-23)29-19-31-33(27-9-5-3-7-25(27)29)34-28-10-6-4-8-26(28)30(20-32(34)37-31)22-13-17-24(36-2)18-14-22/h3-19,30H,20H2,1-2H3. The predicted octanol–water partition coefficient (Wildman–Crippen LogP) is 8.63. The monoisotopic (exact) mass is 482 g/mol. The van der Waals surface area contributed by atoms with Gasteiger partial charge in [0.25, 0.3) is 0 Å². The minimum absolute atomic E-state index is 0.225. The Morgan fingerprint density at radius 2 is 1.32 bits per heavy atom. The van der Waals surface area contributed by atoms with Gasteiger partial charge in [-0.3, -0.25) is 0 Å². The van der Waals surface area contributed by atoms with E-state index in [0.717, 1.165) is 40.4 Å². The van der Waals surface area contributed by atoms with E-state index in [4.69, 9.17) is 13.9 Å². The van der Waals surface area contributed by atoms with Crippen molar-refractivity contribution >= 4 is 21.7 Å². The van der Waals surface area contributed by atoms with Crippen molar-refractivity contribution < 1.29 is 13.9 Å². The molecule has 0 amide bonds. The first-order valence-corrected chi connectivity index (χ1v) is 12.6. The van der Waals surface area contributed by atoms with Crippen LogP contribution < -0.4 is 9.47 Å². The van der Waals surface area contributed by atoms with Gasteiger partial charge in [-0.1, -0.05) is 72.8 Å². The normalized spacial score (nSPS) is 14.4. The van der Waals surface area contributed by atoms with Crippen molar-refractivity contribution in [3.63, 3.8) is 0 Å². The summed E-state index contributed by atoms with van der Waals surface area (Å²) in [5.41, 5.74) is 8.33. The molecule has 37 heavy (non-hydrogen) atoms. The van der Waals surface area contributed by atoms with Gasteiger partial charge in [0.05, 0.1) is 14.2 Å². The molecule has 180 valence electrons. The summed E-state index contributed by atoms with van der Waals surface area (Å²) in [6.07, 6.45) is 0.819. The van der Waals surface area contributed by atoms with Crippen LogP contribution in [0.4, 0.5) is 0 Å². The molecule has 3 nitrogen and oxygen atoms in total. The second kappa shape index (κ2) is 8.56. The number of hydrogen-bond donors (Lipinski definition) is 0. The summed E-state index contributed by atoms with van der Waals surface area (Å²) in [6, 6.07) is 36.3. The third-order valence-corrected chi connectivity index (χ3v) is 7.68. The van der Waals surface area contributed by atoms with Crippen LogP contribution >= 0.6 is 0 Å². The van der Waals surface area contributed by atoms with Crippen molar-refractivity contribution in [3.8, 4) is 33.8 Å². The smallest absolute Gasteiger partial charge is 0.136 e. The van der Waals surface area contributed by atoms with E-state index >= 15 is 0 Å². The minimum atomic E-state index is 0.225. The maximum Gasteiger partial charge on any atom is 0.136 e. The van der Waals surface area contributed by atoms with E-state index in [2.05, 4.69) is 78.9 Å². The molecule has 1 heterocycles. The molecule has 1 aliphatic rings. The summed E-state index contributed by atoms with van der Waals surface area (Å²) in [7, 11) is 3.40. The van der Waals surface area contributed by atoms with Crippen LogP contribution in [0.3, 0.4) is 0 Å². The molecule has 0 spiro atoms. The summed E-state index contributed by atoms with van der Waals surface area (Å²) < 4.78 is 17.5. The van der Waals surface area contributed by atoms with E-state index in [9.17, 15) is 0 Å². The van der Waals surface area contributed by atoms with Crippen LogP contribution in [0.15, 0.2) is 108 Å². The summed E-state index contributed by atoms with van der Waals surface area (Å²) in [6.45, 7) is 0. The highest BCUT2D eigenvalue weighted by molar-refractivity contribution is 6.18. The number of benzene rings is 5. The van der Waals surface area contributed by atoms with Crippen molar-refractivity contribution in [2.45, 2.75) is 12.3 Å². The lowest BCUT2D eigenvalue weighted by molar-refractivity contribution is 0.414. The highest BCUT2D eigenvalue weighted by atomic mass is 16.5. The van der Waals surface area contributed by atoms with Crippen LogP contribution in [0, 0.1) is 0 Å². The molecule has 3 heteroatoms. The Labute approximate surface area is 215 Å². The molecule has 7 rings (SSSR count). The SMILES string of the molecule is COc1ccc(-c2cc3oc4c(c3c3ccccc23)-c2ccccc2C(c2ccc(OC)cc2)C4)cc1. The first kappa shape index (κ1) is 21.8. The maximum atomic E-state index is 6.71. The quantitative estimate of drug-likeness (QED) is 0.252. The largest absolute Gasteiger partial charge is 0.497 e. The molecule has 1 aliphatic carbocycles. The summed E-state index contributed by atoms with van der Waals surface area (Å²) >= 11 is 0. The van der Waals surface area contributed by atoms with E-state index in [1.54, 1.807) is 14.2 Å². The fourth-order valence-electron chi connectivity index (χ4n) is 5.91. The van der Waals surface area contributed by atoms with E-state index in [1.165, 1.54) is 38.4 Å². The fraction of sp³-hybridized carbons (Fsp3) is 0.118. The molecule has 5 aromatic carbocycles. The zero-order chi connectivity index (χ0) is 24.9. The van der Waals surface area contributed by atoms with E-state index in [1.807, 2.05) is 24.3 Å². The van der Waals surface area contributed by atoms with Gasteiger partial charge in [0.15, 0.2) is 0 Å². The van der Waals surface area contributed by atoms with Gasteiger partial charge in [-0.25, -0.2) is 0 Å². The molecule has 0 fully saturated rings. The van der Waals surface area contributed by atoms with Gasteiger partial charge in [-0.15, -0.1) is 0 Å². The Balaban J connectivity index is 1.46. The highest BCUT2D eigenvalue weighted by Crippen LogP contribution is 2.50. The zero-order valence-corrected chi connectivity index (χ0v) is 20.8. The lowest BCUT2D eigenvalue weighted by atomic mass is 9.77. The van der Waals surface area contributed by atoms with E-state index < -0.39 is 0 Å². The van der Waals surface area contributed by atoms with Gasteiger partial charge >= 0.3 is 0 Å². The van der Waals surface area contributed by atoms with Gasteiger partial charge in [0.2, 0.25) is 0 Å². The molecule has 1 atom stereocenters. The molecule has 0 bridgehead atoms. The molecular formula is C34H26O3. The Bertz CT molecular complexity index is 1760. The van der Waals surface area contributed by atoms with Crippen molar-refractivity contribution in [3.05, 3.63) is 120 Å². The molecule has 6 aromatic rings. The number of methoxy groups -OCH3 is 2. The Morgan fingerprint density at radius 3 is 2.05 bits per heavy atom. The van der Waals surface area contributed by atoms with Gasteiger partial charge in [-0.2, -0.15) is 0 Å². The molecule has 1 aromatic heterocycles. The molecule has 0 aliphatic heterocycles. The molecule has 0 N–H and O–H groups in total. The van der Waals surface area contributed by atoms with E-state index in [0.29, 0.717) is 0 Å². The van der Waals surface area contributed by atoms with Gasteiger partial charge in [-0.05, 0) is 68.9 Å². The van der Waals surface area contributed by atoms with Gasteiger partial charge in [0, 0.05) is 23.3 Å². The summed E-state index contributed by atoms with van der Waals surface area (Å²) in [4.78, 5) is 0. The van der Waals surface area contributed by atoms with E-state index in [-0.39, 0.29) is 5.92 Å². The molecule has 0 radical (unpaired) electrons.